The van der Waals surface area contributed by atoms with Crippen molar-refractivity contribution in [3.8, 4) is 0 Å². The smallest absolute Gasteiger partial charge is 0.158 e. The fourth-order valence-corrected chi connectivity index (χ4v) is 3.97. The maximum atomic E-state index is 5.75. The Bertz CT molecular complexity index is 914. The lowest BCUT2D eigenvalue weighted by atomic mass is 10.0. The molecule has 1 fully saturated rings. The molecule has 5 nitrogen and oxygen atoms in total. The van der Waals surface area contributed by atoms with Gasteiger partial charge < -0.3 is 5.73 Å². The second-order valence-electron chi connectivity index (χ2n) is 7.41. The normalized spacial score (nSPS) is 18.0. The van der Waals surface area contributed by atoms with Crippen LogP contribution in [0.2, 0.25) is 0 Å². The monoisotopic (exact) mass is 349 g/mol. The minimum Gasteiger partial charge on any atom is -0.329 e. The Morgan fingerprint density at radius 3 is 2.88 bits per heavy atom. The van der Waals surface area contributed by atoms with Gasteiger partial charge in [0.1, 0.15) is 0 Å². The first-order chi connectivity index (χ1) is 12.7. The maximum Gasteiger partial charge on any atom is 0.158 e. The van der Waals surface area contributed by atoms with Gasteiger partial charge in [0, 0.05) is 37.1 Å². The molecule has 5 heteroatoms. The van der Waals surface area contributed by atoms with Gasteiger partial charge in [-0.1, -0.05) is 18.2 Å². The number of rotatable bonds is 5. The number of benzene rings is 1. The molecule has 1 aromatic carbocycles. The van der Waals surface area contributed by atoms with Gasteiger partial charge in [0.15, 0.2) is 5.65 Å². The van der Waals surface area contributed by atoms with Crippen LogP contribution in [0, 0.1) is 13.8 Å². The van der Waals surface area contributed by atoms with E-state index in [9.17, 15) is 0 Å². The Hall–Kier alpha value is -2.24. The first-order valence-electron chi connectivity index (χ1n) is 9.45. The summed E-state index contributed by atoms with van der Waals surface area (Å²) in [5.41, 5.74) is 12.0. The van der Waals surface area contributed by atoms with Crippen molar-refractivity contribution in [3.05, 3.63) is 58.9 Å². The molecule has 0 unspecified atom stereocenters. The molecule has 0 bridgehead atoms. The lowest BCUT2D eigenvalue weighted by molar-refractivity contribution is 0.326. The summed E-state index contributed by atoms with van der Waals surface area (Å²) < 4.78 is 1.97. The van der Waals surface area contributed by atoms with E-state index in [4.69, 9.17) is 10.8 Å². The zero-order valence-electron chi connectivity index (χ0n) is 15.7. The van der Waals surface area contributed by atoms with Crippen molar-refractivity contribution < 1.29 is 0 Å². The summed E-state index contributed by atoms with van der Waals surface area (Å²) in [5.74, 6) is 0.465. The van der Waals surface area contributed by atoms with E-state index in [1.807, 2.05) is 16.9 Å². The van der Waals surface area contributed by atoms with Gasteiger partial charge in [-0.25, -0.2) is 9.67 Å². The van der Waals surface area contributed by atoms with Crippen molar-refractivity contribution in [2.75, 3.05) is 19.6 Å². The highest BCUT2D eigenvalue weighted by Crippen LogP contribution is 2.32. The summed E-state index contributed by atoms with van der Waals surface area (Å²) in [5, 5.41) is 6.06. The molecule has 26 heavy (non-hydrogen) atoms. The van der Waals surface area contributed by atoms with Crippen molar-refractivity contribution in [2.45, 2.75) is 39.3 Å². The van der Waals surface area contributed by atoms with Crippen molar-refractivity contribution in [2.24, 2.45) is 5.73 Å². The molecule has 1 aliphatic heterocycles. The summed E-state index contributed by atoms with van der Waals surface area (Å²) in [6.07, 6.45) is 2.98. The maximum absolute atomic E-state index is 5.75. The van der Waals surface area contributed by atoms with E-state index in [0.29, 0.717) is 19.0 Å². The van der Waals surface area contributed by atoms with Crippen molar-refractivity contribution in [1.82, 2.24) is 19.7 Å². The highest BCUT2D eigenvalue weighted by atomic mass is 15.3. The fraction of sp³-hybridized carbons (Fsp3) is 0.429. The molecule has 1 atom stereocenters. The first-order valence-corrected chi connectivity index (χ1v) is 9.45. The van der Waals surface area contributed by atoms with Crippen molar-refractivity contribution in [3.63, 3.8) is 0 Å². The van der Waals surface area contributed by atoms with Gasteiger partial charge in [-0.2, -0.15) is 5.10 Å². The Kier molecular flexibility index (Phi) is 4.74. The van der Waals surface area contributed by atoms with E-state index in [0.717, 1.165) is 31.7 Å². The molecule has 0 aliphatic carbocycles. The fourth-order valence-electron chi connectivity index (χ4n) is 3.97. The first kappa shape index (κ1) is 17.2. The largest absolute Gasteiger partial charge is 0.329 e. The average Bonchev–Trinajstić information content (AvgIpc) is 3.24. The lowest BCUT2D eigenvalue weighted by Gasteiger charge is -2.16. The van der Waals surface area contributed by atoms with Gasteiger partial charge in [0.05, 0.1) is 12.2 Å². The topological polar surface area (TPSA) is 60.0 Å². The predicted octanol–water partition coefficient (Wildman–Crippen LogP) is 3.00. The Morgan fingerprint density at radius 1 is 1.19 bits per heavy atom. The Labute approximate surface area is 154 Å². The number of likely N-dealkylation sites (tertiary alicyclic amines) is 1. The molecule has 1 aliphatic rings. The zero-order valence-corrected chi connectivity index (χ0v) is 15.7. The Morgan fingerprint density at radius 2 is 2.08 bits per heavy atom. The predicted molar refractivity (Wildman–Crippen MR) is 105 cm³/mol. The molecule has 1 saturated heterocycles. The van der Waals surface area contributed by atoms with E-state index < -0.39 is 0 Å². The minimum absolute atomic E-state index is 0.465. The third kappa shape index (κ3) is 3.24. The van der Waals surface area contributed by atoms with Gasteiger partial charge >= 0.3 is 0 Å². The molecule has 2 N–H and O–H groups in total. The third-order valence-corrected chi connectivity index (χ3v) is 5.51. The summed E-state index contributed by atoms with van der Waals surface area (Å²) in [6, 6.07) is 10.9. The molecule has 2 aromatic heterocycles. The second kappa shape index (κ2) is 7.17. The van der Waals surface area contributed by atoms with Gasteiger partial charge in [-0.3, -0.25) is 4.90 Å². The number of hydrogen-bond donors (Lipinski definition) is 1. The highest BCUT2D eigenvalue weighted by Gasteiger charge is 2.28. The van der Waals surface area contributed by atoms with Crippen LogP contribution < -0.4 is 5.73 Å². The van der Waals surface area contributed by atoms with Crippen LogP contribution in [0.5, 0.6) is 0 Å². The van der Waals surface area contributed by atoms with Crippen LogP contribution in [0.1, 0.15) is 34.7 Å². The van der Waals surface area contributed by atoms with Crippen LogP contribution in [-0.4, -0.2) is 39.3 Å². The molecule has 0 radical (unpaired) electrons. The van der Waals surface area contributed by atoms with Gasteiger partial charge in [0.2, 0.25) is 0 Å². The number of fused-ring (bicyclic) bond motifs is 1. The number of pyridine rings is 1. The van der Waals surface area contributed by atoms with E-state index in [1.165, 1.54) is 27.8 Å². The third-order valence-electron chi connectivity index (χ3n) is 5.51. The molecule has 4 rings (SSSR count). The average molecular weight is 349 g/mol. The molecule has 136 valence electrons. The molecule has 0 spiro atoms. The molecule has 0 amide bonds. The molecular formula is C21H27N5. The second-order valence-corrected chi connectivity index (χ2v) is 7.41. The molecule has 3 aromatic rings. The lowest BCUT2D eigenvalue weighted by Crippen LogP contribution is -2.20. The number of aromatic nitrogens is 3. The van der Waals surface area contributed by atoms with Crippen LogP contribution >= 0.6 is 0 Å². The number of nitrogens with zero attached hydrogens (tertiary/aromatic N) is 4. The summed E-state index contributed by atoms with van der Waals surface area (Å²) in [7, 11) is 0. The quantitative estimate of drug-likeness (QED) is 0.769. The van der Waals surface area contributed by atoms with Crippen LogP contribution in [0.15, 0.2) is 36.5 Å². The van der Waals surface area contributed by atoms with Crippen molar-refractivity contribution in [1.29, 1.82) is 0 Å². The van der Waals surface area contributed by atoms with Gasteiger partial charge in [0.25, 0.3) is 0 Å². The Balaban J connectivity index is 1.53. The number of aryl methyl sites for hydroxylation is 2. The van der Waals surface area contributed by atoms with E-state index >= 15 is 0 Å². The highest BCUT2D eigenvalue weighted by molar-refractivity contribution is 5.78. The van der Waals surface area contributed by atoms with Crippen molar-refractivity contribution >= 4 is 11.0 Å². The standard InChI is InChI=1S/C21H27N5/c1-15-5-6-17(12-16(15)2)13-25-10-7-18(14-25)20-19-4-3-9-23-21(19)26(24-20)11-8-22/h3-6,9,12,18H,7-8,10-11,13-14,22H2,1-2H3/t18-/m0/s1. The summed E-state index contributed by atoms with van der Waals surface area (Å²) in [4.78, 5) is 7.07. The van der Waals surface area contributed by atoms with Crippen LogP contribution in [0.3, 0.4) is 0 Å². The van der Waals surface area contributed by atoms with Gasteiger partial charge in [-0.15, -0.1) is 0 Å². The van der Waals surface area contributed by atoms with E-state index in [-0.39, 0.29) is 0 Å². The SMILES string of the molecule is Cc1ccc(CN2CC[C@H](c3nn(CCN)c4ncccc34)C2)cc1C. The van der Waals surface area contributed by atoms with Crippen LogP contribution in [0.4, 0.5) is 0 Å². The molecule has 0 saturated carbocycles. The van der Waals surface area contributed by atoms with Crippen LogP contribution in [0.25, 0.3) is 11.0 Å². The molecule has 3 heterocycles. The summed E-state index contributed by atoms with van der Waals surface area (Å²) in [6.45, 7) is 8.83. The zero-order chi connectivity index (χ0) is 18.1. The summed E-state index contributed by atoms with van der Waals surface area (Å²) >= 11 is 0. The molecular weight excluding hydrogens is 322 g/mol. The number of nitrogens with two attached hydrogens (primary N) is 1. The van der Waals surface area contributed by atoms with Gasteiger partial charge in [-0.05, 0) is 55.6 Å². The minimum atomic E-state index is 0.465. The van der Waals surface area contributed by atoms with E-state index in [1.54, 1.807) is 0 Å². The van der Waals surface area contributed by atoms with Crippen LogP contribution in [-0.2, 0) is 13.1 Å². The number of hydrogen-bond acceptors (Lipinski definition) is 4. The van der Waals surface area contributed by atoms with E-state index in [2.05, 4.69) is 48.0 Å².